The molecule has 34 heavy (non-hydrogen) atoms. The average molecular weight is 521 g/mol. The molecule has 4 rings (SSSR count). The number of carbonyl (C=O) groups is 2. The number of hydrogen-bond acceptors (Lipinski definition) is 3. The van der Waals surface area contributed by atoms with E-state index in [2.05, 4.69) is 50.3 Å². The third-order valence-corrected chi connectivity index (χ3v) is 6.65. The Morgan fingerprint density at radius 3 is 2.62 bits per heavy atom. The molecule has 2 heterocycles. The summed E-state index contributed by atoms with van der Waals surface area (Å²) in [7, 11) is 0. The van der Waals surface area contributed by atoms with Gasteiger partial charge in [-0.2, -0.15) is 0 Å². The van der Waals surface area contributed by atoms with E-state index in [9.17, 15) is 9.59 Å². The van der Waals surface area contributed by atoms with Crippen molar-refractivity contribution in [2.75, 3.05) is 31.5 Å². The maximum absolute atomic E-state index is 12.9. The van der Waals surface area contributed by atoms with Gasteiger partial charge >= 0.3 is 0 Å². The zero-order chi connectivity index (χ0) is 24.2. The molecule has 3 aromatic rings. The highest BCUT2D eigenvalue weighted by Gasteiger charge is 2.28. The normalized spacial score (nSPS) is 13.9. The molecule has 0 saturated heterocycles. The van der Waals surface area contributed by atoms with Crippen molar-refractivity contribution in [2.24, 2.45) is 0 Å². The van der Waals surface area contributed by atoms with Crippen LogP contribution in [0.2, 0.25) is 0 Å². The van der Waals surface area contributed by atoms with Crippen LogP contribution < -0.4 is 10.6 Å². The van der Waals surface area contributed by atoms with Crippen LogP contribution in [0.4, 0.5) is 5.69 Å². The van der Waals surface area contributed by atoms with E-state index in [-0.39, 0.29) is 11.8 Å². The number of halogens is 1. The highest BCUT2D eigenvalue weighted by molar-refractivity contribution is 9.10. The monoisotopic (exact) mass is 520 g/mol. The van der Waals surface area contributed by atoms with E-state index in [0.717, 1.165) is 57.7 Å². The lowest BCUT2D eigenvalue weighted by atomic mass is 9.94. The molecular weight excluding hydrogens is 492 g/mol. The zero-order valence-electron chi connectivity index (χ0n) is 19.7. The molecule has 0 aliphatic carbocycles. The fourth-order valence-electron chi connectivity index (χ4n) is 4.24. The first-order valence-electron chi connectivity index (χ1n) is 11.5. The van der Waals surface area contributed by atoms with Gasteiger partial charge in [-0.15, -0.1) is 0 Å². The number of anilines is 1. The second-order valence-electron chi connectivity index (χ2n) is 8.31. The molecule has 0 bridgehead atoms. The maximum Gasteiger partial charge on any atom is 0.267 e. The van der Waals surface area contributed by atoms with Crippen LogP contribution >= 0.6 is 15.9 Å². The van der Waals surface area contributed by atoms with Crippen molar-refractivity contribution in [1.82, 2.24) is 15.2 Å². The molecule has 1 aliphatic rings. The summed E-state index contributed by atoms with van der Waals surface area (Å²) in [6.07, 6.45) is 1.84. The van der Waals surface area contributed by atoms with E-state index >= 15 is 0 Å². The first kappa shape index (κ1) is 24.0. The third-order valence-electron chi connectivity index (χ3n) is 6.16. The molecule has 0 unspecified atom stereocenters. The summed E-state index contributed by atoms with van der Waals surface area (Å²) >= 11 is 3.54. The molecule has 176 valence electrons. The van der Waals surface area contributed by atoms with E-state index in [1.165, 1.54) is 0 Å². The molecule has 6 nitrogen and oxygen atoms in total. The number of carbonyl (C=O) groups excluding carboxylic acids is 2. The van der Waals surface area contributed by atoms with E-state index in [0.29, 0.717) is 17.8 Å². The summed E-state index contributed by atoms with van der Waals surface area (Å²) < 4.78 is 0.974. The molecule has 1 aromatic heterocycles. The zero-order valence-corrected chi connectivity index (χ0v) is 21.3. The van der Waals surface area contributed by atoms with E-state index in [1.807, 2.05) is 61.5 Å². The fourth-order valence-corrected chi connectivity index (χ4v) is 4.64. The van der Waals surface area contributed by atoms with E-state index in [4.69, 9.17) is 0 Å². The van der Waals surface area contributed by atoms with Gasteiger partial charge in [0.2, 0.25) is 0 Å². The summed E-state index contributed by atoms with van der Waals surface area (Å²) in [5, 5.41) is 5.95. The van der Waals surface area contributed by atoms with Gasteiger partial charge in [0.1, 0.15) is 5.69 Å². The van der Waals surface area contributed by atoms with E-state index in [1.54, 1.807) is 0 Å². The first-order chi connectivity index (χ1) is 16.4. The molecule has 0 fully saturated rings. The summed E-state index contributed by atoms with van der Waals surface area (Å²) in [6.45, 7) is 9.46. The number of nitrogens with one attached hydrogen (secondary N) is 3. The molecule has 3 N–H and O–H groups in total. The summed E-state index contributed by atoms with van der Waals surface area (Å²) in [5.41, 5.74) is 6.36. The molecule has 0 saturated carbocycles. The average Bonchev–Trinajstić information content (AvgIpc) is 3.36. The minimum absolute atomic E-state index is 0.147. The summed E-state index contributed by atoms with van der Waals surface area (Å²) in [5.74, 6) is -0.303. The second kappa shape index (κ2) is 10.4. The van der Waals surface area contributed by atoms with Crippen LogP contribution in [0.15, 0.2) is 53.0 Å². The van der Waals surface area contributed by atoms with Gasteiger partial charge in [0.05, 0.1) is 5.57 Å². The number of amides is 2. The number of likely N-dealkylation sites (N-methyl/N-ethyl adjacent to an activating group) is 1. The number of aryl methyl sites for hydroxylation is 1. The number of benzene rings is 2. The van der Waals surface area contributed by atoms with E-state index < -0.39 is 0 Å². The van der Waals surface area contributed by atoms with Crippen LogP contribution in [0.5, 0.6) is 0 Å². The second-order valence-corrected chi connectivity index (χ2v) is 9.23. The lowest BCUT2D eigenvalue weighted by Gasteiger charge is -2.17. The highest BCUT2D eigenvalue weighted by atomic mass is 79.9. The van der Waals surface area contributed by atoms with Gasteiger partial charge in [-0.25, -0.2) is 0 Å². The number of fused-ring (bicyclic) bond motifs is 1. The van der Waals surface area contributed by atoms with Crippen LogP contribution in [0, 0.1) is 6.92 Å². The Morgan fingerprint density at radius 1 is 1.12 bits per heavy atom. The van der Waals surface area contributed by atoms with Gasteiger partial charge in [0.15, 0.2) is 0 Å². The molecule has 2 aromatic carbocycles. The molecule has 2 amide bonds. The number of hydrogen-bond donors (Lipinski definition) is 3. The topological polar surface area (TPSA) is 77.2 Å². The molecular formula is C27H29BrN4O2. The van der Waals surface area contributed by atoms with Crippen LogP contribution in [0.3, 0.4) is 0 Å². The predicted octanol–water partition coefficient (Wildman–Crippen LogP) is 5.32. The summed E-state index contributed by atoms with van der Waals surface area (Å²) in [6, 6.07) is 15.7. The Kier molecular flexibility index (Phi) is 7.34. The van der Waals surface area contributed by atoms with Gasteiger partial charge < -0.3 is 20.5 Å². The van der Waals surface area contributed by atoms with Crippen LogP contribution in [-0.4, -0.2) is 47.9 Å². The minimum atomic E-state index is -0.156. The minimum Gasteiger partial charge on any atom is -0.351 e. The molecule has 0 spiro atoms. The lowest BCUT2D eigenvalue weighted by Crippen LogP contribution is -2.34. The van der Waals surface area contributed by atoms with Gasteiger partial charge in [-0.05, 0) is 67.0 Å². The van der Waals surface area contributed by atoms with Crippen molar-refractivity contribution in [3.05, 3.63) is 75.5 Å². The number of aromatic amines is 1. The number of aromatic nitrogens is 1. The smallest absolute Gasteiger partial charge is 0.267 e. The number of nitrogens with zero attached hydrogens (tertiary/aromatic N) is 1. The van der Waals surface area contributed by atoms with Crippen molar-refractivity contribution >= 4 is 45.1 Å². The van der Waals surface area contributed by atoms with Crippen molar-refractivity contribution in [2.45, 2.75) is 20.8 Å². The van der Waals surface area contributed by atoms with Crippen LogP contribution in [0.1, 0.15) is 41.2 Å². The standard InChI is InChI=1S/C27H29BrN4O2/c1-4-32(5-2)13-12-29-27(34)24-14-17(3)23(30-24)16-21-25-20(18-8-6-9-19(28)15-18)10-7-11-22(25)31-26(21)33/h6-11,14-16,30H,4-5,12-13H2,1-3H3,(H,29,34)(H,31,33)/b21-16-. The molecule has 0 radical (unpaired) electrons. The van der Waals surface area contributed by atoms with Crippen molar-refractivity contribution in [3.63, 3.8) is 0 Å². The largest absolute Gasteiger partial charge is 0.351 e. The quantitative estimate of drug-likeness (QED) is 0.352. The Balaban J connectivity index is 1.62. The van der Waals surface area contributed by atoms with Crippen LogP contribution in [-0.2, 0) is 4.79 Å². The van der Waals surface area contributed by atoms with Crippen LogP contribution in [0.25, 0.3) is 22.8 Å². The van der Waals surface area contributed by atoms with Crippen molar-refractivity contribution < 1.29 is 9.59 Å². The van der Waals surface area contributed by atoms with Crippen molar-refractivity contribution in [1.29, 1.82) is 0 Å². The summed E-state index contributed by atoms with van der Waals surface area (Å²) in [4.78, 5) is 31.1. The maximum atomic E-state index is 12.9. The van der Waals surface area contributed by atoms with Gasteiger partial charge in [0, 0.05) is 34.5 Å². The lowest BCUT2D eigenvalue weighted by molar-refractivity contribution is -0.110. The molecule has 7 heteroatoms. The Labute approximate surface area is 208 Å². The van der Waals surface area contributed by atoms with Gasteiger partial charge in [-0.1, -0.05) is 54.0 Å². The molecule has 1 aliphatic heterocycles. The van der Waals surface area contributed by atoms with Gasteiger partial charge in [0.25, 0.3) is 11.8 Å². The fraction of sp³-hybridized carbons (Fsp3) is 0.259. The first-order valence-corrected chi connectivity index (χ1v) is 12.3. The van der Waals surface area contributed by atoms with Gasteiger partial charge in [-0.3, -0.25) is 9.59 Å². The third kappa shape index (κ3) is 5.00. The predicted molar refractivity (Wildman–Crippen MR) is 142 cm³/mol. The Morgan fingerprint density at radius 2 is 1.88 bits per heavy atom. The Hall–Kier alpha value is -3.16. The SMILES string of the molecule is CCN(CC)CCNC(=O)c1cc(C)c(/C=C2\C(=O)Nc3cccc(-c4cccc(Br)c4)c32)[nH]1. The number of rotatable bonds is 8. The highest BCUT2D eigenvalue weighted by Crippen LogP contribution is 2.41. The Bertz CT molecular complexity index is 1260. The van der Waals surface area contributed by atoms with Crippen molar-refractivity contribution in [3.8, 4) is 11.1 Å². The molecule has 0 atom stereocenters. The number of H-pyrrole nitrogens is 1.